The van der Waals surface area contributed by atoms with E-state index in [1.54, 1.807) is 24.4 Å². The number of hydrogen-bond donors (Lipinski definition) is 2. The van der Waals surface area contributed by atoms with Gasteiger partial charge in [-0.2, -0.15) is 0 Å². The number of rotatable bonds is 2. The number of carbonyl (C=O) groups is 2. The molecule has 1 aliphatic heterocycles. The lowest BCUT2D eigenvalue weighted by atomic mass is 10.1. The van der Waals surface area contributed by atoms with Crippen LogP contribution in [0.5, 0.6) is 0 Å². The van der Waals surface area contributed by atoms with Crippen molar-refractivity contribution in [2.75, 3.05) is 5.32 Å². The summed E-state index contributed by atoms with van der Waals surface area (Å²) >= 11 is 3.31. The average molecular weight is 318 g/mol. The van der Waals surface area contributed by atoms with Crippen LogP contribution in [0.3, 0.4) is 0 Å². The summed E-state index contributed by atoms with van der Waals surface area (Å²) in [6, 6.07) is 8.66. The van der Waals surface area contributed by atoms with E-state index in [2.05, 4.69) is 31.5 Å². The van der Waals surface area contributed by atoms with Gasteiger partial charge in [-0.15, -0.1) is 0 Å². The molecule has 2 heterocycles. The normalized spacial score (nSPS) is 13.1. The van der Waals surface area contributed by atoms with Crippen molar-refractivity contribution in [3.05, 3.63) is 52.1 Å². The number of amides is 2. The minimum absolute atomic E-state index is 0.353. The Labute approximate surface area is 117 Å². The van der Waals surface area contributed by atoms with Gasteiger partial charge in [0.2, 0.25) is 0 Å². The SMILES string of the molecule is O=C1NC(=O)c2cc(Nc3ccc(Br)cn3)ccc21. The fourth-order valence-electron chi connectivity index (χ4n) is 1.84. The van der Waals surface area contributed by atoms with E-state index in [1.807, 2.05) is 12.1 Å². The summed E-state index contributed by atoms with van der Waals surface area (Å²) in [7, 11) is 0. The number of halogens is 1. The third kappa shape index (κ3) is 2.22. The minimum Gasteiger partial charge on any atom is -0.340 e. The van der Waals surface area contributed by atoms with E-state index < -0.39 is 0 Å². The molecular formula is C13H8BrN3O2. The summed E-state index contributed by atoms with van der Waals surface area (Å²) in [6.45, 7) is 0. The molecule has 2 amide bonds. The Hall–Kier alpha value is -2.21. The molecule has 6 heteroatoms. The van der Waals surface area contributed by atoms with E-state index in [1.165, 1.54) is 0 Å². The molecule has 0 radical (unpaired) electrons. The predicted molar refractivity (Wildman–Crippen MR) is 73.5 cm³/mol. The van der Waals surface area contributed by atoms with E-state index in [4.69, 9.17) is 0 Å². The molecule has 1 aromatic heterocycles. The maximum Gasteiger partial charge on any atom is 0.259 e. The number of anilines is 2. The highest BCUT2D eigenvalue weighted by Gasteiger charge is 2.26. The van der Waals surface area contributed by atoms with Gasteiger partial charge >= 0.3 is 0 Å². The first-order chi connectivity index (χ1) is 9.13. The molecule has 94 valence electrons. The molecule has 5 nitrogen and oxygen atoms in total. The lowest BCUT2D eigenvalue weighted by Crippen LogP contribution is -2.19. The molecule has 0 saturated heterocycles. The predicted octanol–water partition coefficient (Wildman–Crippen LogP) is 2.47. The Morgan fingerprint density at radius 2 is 1.84 bits per heavy atom. The Bertz CT molecular complexity index is 683. The monoisotopic (exact) mass is 317 g/mol. The van der Waals surface area contributed by atoms with Crippen LogP contribution in [0.4, 0.5) is 11.5 Å². The Morgan fingerprint density at radius 1 is 1.05 bits per heavy atom. The van der Waals surface area contributed by atoms with Crippen molar-refractivity contribution in [3.8, 4) is 0 Å². The number of hydrogen-bond acceptors (Lipinski definition) is 4. The van der Waals surface area contributed by atoms with Crippen LogP contribution >= 0.6 is 15.9 Å². The van der Waals surface area contributed by atoms with Gasteiger partial charge in [0.25, 0.3) is 11.8 Å². The van der Waals surface area contributed by atoms with Gasteiger partial charge in [-0.1, -0.05) is 0 Å². The van der Waals surface area contributed by atoms with Gasteiger partial charge in [0.15, 0.2) is 0 Å². The molecule has 0 saturated carbocycles. The molecule has 19 heavy (non-hydrogen) atoms. The number of imide groups is 1. The molecule has 0 spiro atoms. The lowest BCUT2D eigenvalue weighted by Gasteiger charge is -2.06. The molecule has 2 N–H and O–H groups in total. The zero-order chi connectivity index (χ0) is 13.4. The average Bonchev–Trinajstić information content (AvgIpc) is 2.68. The van der Waals surface area contributed by atoms with Crippen molar-refractivity contribution in [2.45, 2.75) is 0 Å². The van der Waals surface area contributed by atoms with Crippen molar-refractivity contribution in [1.29, 1.82) is 0 Å². The van der Waals surface area contributed by atoms with Crippen LogP contribution in [0.15, 0.2) is 41.0 Å². The van der Waals surface area contributed by atoms with Crippen LogP contribution in [0.25, 0.3) is 0 Å². The first kappa shape index (κ1) is 11.9. The largest absolute Gasteiger partial charge is 0.340 e. The van der Waals surface area contributed by atoms with E-state index in [0.29, 0.717) is 22.6 Å². The third-order valence-electron chi connectivity index (χ3n) is 2.74. The number of fused-ring (bicyclic) bond motifs is 1. The van der Waals surface area contributed by atoms with Gasteiger partial charge in [-0.25, -0.2) is 4.98 Å². The van der Waals surface area contributed by atoms with Gasteiger partial charge in [0.05, 0.1) is 11.1 Å². The van der Waals surface area contributed by atoms with Crippen molar-refractivity contribution in [1.82, 2.24) is 10.3 Å². The van der Waals surface area contributed by atoms with Crippen LogP contribution in [0.1, 0.15) is 20.7 Å². The number of nitrogens with zero attached hydrogens (tertiary/aromatic N) is 1. The number of carbonyl (C=O) groups excluding carboxylic acids is 2. The third-order valence-corrected chi connectivity index (χ3v) is 3.20. The highest BCUT2D eigenvalue weighted by molar-refractivity contribution is 9.10. The summed E-state index contributed by atoms with van der Waals surface area (Å²) < 4.78 is 0.886. The summed E-state index contributed by atoms with van der Waals surface area (Å²) in [4.78, 5) is 27.1. The second-order valence-electron chi connectivity index (χ2n) is 4.03. The molecule has 0 unspecified atom stereocenters. The highest BCUT2D eigenvalue weighted by atomic mass is 79.9. The molecule has 1 aliphatic rings. The van der Waals surface area contributed by atoms with Gasteiger partial charge in [-0.3, -0.25) is 14.9 Å². The molecule has 2 aromatic rings. The van der Waals surface area contributed by atoms with E-state index in [9.17, 15) is 9.59 Å². The maximum atomic E-state index is 11.5. The van der Waals surface area contributed by atoms with Crippen LogP contribution < -0.4 is 10.6 Å². The van der Waals surface area contributed by atoms with Gasteiger partial charge in [0, 0.05) is 16.4 Å². The van der Waals surface area contributed by atoms with E-state index >= 15 is 0 Å². The summed E-state index contributed by atoms with van der Waals surface area (Å²) in [5.41, 5.74) is 1.49. The van der Waals surface area contributed by atoms with Crippen LogP contribution in [0, 0.1) is 0 Å². The van der Waals surface area contributed by atoms with Gasteiger partial charge in [0.1, 0.15) is 5.82 Å². The zero-order valence-corrected chi connectivity index (χ0v) is 11.2. The van der Waals surface area contributed by atoms with Crippen LogP contribution in [0.2, 0.25) is 0 Å². The molecule has 1 aromatic carbocycles. The van der Waals surface area contributed by atoms with Gasteiger partial charge < -0.3 is 5.32 Å². The Kier molecular flexibility index (Phi) is 2.79. The quantitative estimate of drug-likeness (QED) is 0.835. The van der Waals surface area contributed by atoms with Crippen molar-refractivity contribution < 1.29 is 9.59 Å². The summed E-state index contributed by atoms with van der Waals surface area (Å²) in [5, 5.41) is 5.33. The molecule has 0 bridgehead atoms. The first-order valence-electron chi connectivity index (χ1n) is 5.52. The van der Waals surface area contributed by atoms with Gasteiger partial charge in [-0.05, 0) is 46.3 Å². The van der Waals surface area contributed by atoms with Crippen LogP contribution in [-0.4, -0.2) is 16.8 Å². The first-order valence-corrected chi connectivity index (χ1v) is 6.31. The lowest BCUT2D eigenvalue weighted by molar-refractivity contribution is 0.0879. The van der Waals surface area contributed by atoms with Crippen molar-refractivity contribution in [2.24, 2.45) is 0 Å². The maximum absolute atomic E-state index is 11.5. The van der Waals surface area contributed by atoms with Crippen LogP contribution in [-0.2, 0) is 0 Å². The number of benzene rings is 1. The van der Waals surface area contributed by atoms with Crippen molar-refractivity contribution in [3.63, 3.8) is 0 Å². The van der Waals surface area contributed by atoms with Crippen molar-refractivity contribution >= 4 is 39.2 Å². The smallest absolute Gasteiger partial charge is 0.259 e. The topological polar surface area (TPSA) is 71.1 Å². The standard InChI is InChI=1S/C13H8BrN3O2/c14-7-1-4-11(15-6-7)16-8-2-3-9-10(5-8)13(19)17-12(9)18/h1-6H,(H,15,16)(H,17,18,19). The summed E-state index contributed by atoms with van der Waals surface area (Å²) in [5.74, 6) is -0.0615. The highest BCUT2D eigenvalue weighted by Crippen LogP contribution is 2.22. The molecule has 3 rings (SSSR count). The minimum atomic E-state index is -0.368. The summed E-state index contributed by atoms with van der Waals surface area (Å²) in [6.07, 6.45) is 1.67. The fraction of sp³-hybridized carbons (Fsp3) is 0. The number of nitrogens with one attached hydrogen (secondary N) is 2. The molecule has 0 aliphatic carbocycles. The molecular weight excluding hydrogens is 310 g/mol. The molecule has 0 atom stereocenters. The van der Waals surface area contributed by atoms with E-state index in [-0.39, 0.29) is 11.8 Å². The Balaban J connectivity index is 1.91. The number of pyridine rings is 1. The second-order valence-corrected chi connectivity index (χ2v) is 4.95. The number of aromatic nitrogens is 1. The Morgan fingerprint density at radius 3 is 2.58 bits per heavy atom. The molecule has 0 fully saturated rings. The zero-order valence-electron chi connectivity index (χ0n) is 9.61. The van der Waals surface area contributed by atoms with E-state index in [0.717, 1.165) is 4.47 Å². The second kappa shape index (κ2) is 4.47. The fourth-order valence-corrected chi connectivity index (χ4v) is 2.08.